The minimum absolute atomic E-state index is 0.223. The second-order valence-electron chi connectivity index (χ2n) is 7.96. The van der Waals surface area contributed by atoms with E-state index in [1.165, 1.54) is 11.3 Å². The van der Waals surface area contributed by atoms with E-state index in [9.17, 15) is 4.79 Å². The summed E-state index contributed by atoms with van der Waals surface area (Å²) in [4.78, 5) is 17.2. The maximum Gasteiger partial charge on any atom is 0.223 e. The molecule has 162 valence electrons. The van der Waals surface area contributed by atoms with Gasteiger partial charge in [-0.15, -0.1) is 0 Å². The van der Waals surface area contributed by atoms with Gasteiger partial charge in [0.05, 0.1) is 18.5 Å². The van der Waals surface area contributed by atoms with Crippen molar-refractivity contribution >= 4 is 11.6 Å². The number of nitrogens with zero attached hydrogens (tertiary/aromatic N) is 4. The van der Waals surface area contributed by atoms with Crippen LogP contribution in [0.15, 0.2) is 54.6 Å². The van der Waals surface area contributed by atoms with Crippen molar-refractivity contribution in [1.29, 1.82) is 0 Å². The quantitative estimate of drug-likeness (QED) is 0.611. The molecule has 0 aliphatic carbocycles. The van der Waals surface area contributed by atoms with Gasteiger partial charge in [-0.3, -0.25) is 4.79 Å². The van der Waals surface area contributed by atoms with Crippen LogP contribution in [0.5, 0.6) is 5.75 Å². The van der Waals surface area contributed by atoms with Crippen molar-refractivity contribution in [1.82, 2.24) is 14.7 Å². The predicted molar refractivity (Wildman–Crippen MR) is 123 cm³/mol. The van der Waals surface area contributed by atoms with E-state index in [4.69, 9.17) is 9.84 Å². The van der Waals surface area contributed by atoms with Crippen LogP contribution in [-0.4, -0.2) is 53.9 Å². The Hall–Kier alpha value is -3.28. The molecule has 0 bridgehead atoms. The molecule has 6 heteroatoms. The third-order valence-electron chi connectivity index (χ3n) is 6.10. The molecule has 2 aromatic carbocycles. The first-order valence-corrected chi connectivity index (χ1v) is 10.8. The second-order valence-corrected chi connectivity index (χ2v) is 7.96. The number of rotatable bonds is 6. The number of anilines is 1. The van der Waals surface area contributed by atoms with Crippen LogP contribution in [0.1, 0.15) is 23.4 Å². The molecule has 1 fully saturated rings. The lowest BCUT2D eigenvalue weighted by Gasteiger charge is -2.36. The van der Waals surface area contributed by atoms with Gasteiger partial charge in [-0.05, 0) is 62.2 Å². The summed E-state index contributed by atoms with van der Waals surface area (Å²) in [7, 11) is 1.68. The van der Waals surface area contributed by atoms with E-state index in [-0.39, 0.29) is 5.91 Å². The topological polar surface area (TPSA) is 50.6 Å². The Morgan fingerprint density at radius 2 is 1.61 bits per heavy atom. The summed E-state index contributed by atoms with van der Waals surface area (Å²) in [6.45, 7) is 7.32. The highest BCUT2D eigenvalue weighted by Crippen LogP contribution is 2.22. The van der Waals surface area contributed by atoms with Crippen LogP contribution in [0.25, 0.3) is 5.69 Å². The highest BCUT2D eigenvalue weighted by atomic mass is 16.5. The Kier molecular flexibility index (Phi) is 6.26. The summed E-state index contributed by atoms with van der Waals surface area (Å²) in [5, 5.41) is 4.70. The van der Waals surface area contributed by atoms with Crippen molar-refractivity contribution in [2.45, 2.75) is 26.7 Å². The highest BCUT2D eigenvalue weighted by molar-refractivity contribution is 5.77. The molecule has 1 aliphatic heterocycles. The smallest absolute Gasteiger partial charge is 0.223 e. The summed E-state index contributed by atoms with van der Waals surface area (Å²) in [5.41, 5.74) is 5.51. The molecule has 1 aromatic heterocycles. The average molecular weight is 419 g/mol. The number of piperazine rings is 1. The van der Waals surface area contributed by atoms with Gasteiger partial charge in [0.2, 0.25) is 5.91 Å². The number of para-hydroxylation sites is 1. The third kappa shape index (κ3) is 4.58. The molecule has 3 aromatic rings. The summed E-state index contributed by atoms with van der Waals surface area (Å²) < 4.78 is 7.21. The van der Waals surface area contributed by atoms with Gasteiger partial charge < -0.3 is 14.5 Å². The molecule has 0 N–H and O–H groups in total. The molecule has 31 heavy (non-hydrogen) atoms. The Morgan fingerprint density at radius 1 is 0.935 bits per heavy atom. The van der Waals surface area contributed by atoms with Gasteiger partial charge in [0.15, 0.2) is 0 Å². The molecule has 2 heterocycles. The van der Waals surface area contributed by atoms with Gasteiger partial charge in [-0.25, -0.2) is 4.68 Å². The number of aryl methyl sites for hydroxylation is 1. The summed E-state index contributed by atoms with van der Waals surface area (Å²) in [5.74, 6) is 1.08. The van der Waals surface area contributed by atoms with Crippen LogP contribution < -0.4 is 9.64 Å². The maximum absolute atomic E-state index is 12.9. The van der Waals surface area contributed by atoms with Crippen molar-refractivity contribution in [3.05, 3.63) is 71.5 Å². The summed E-state index contributed by atoms with van der Waals surface area (Å²) in [6, 6.07) is 18.2. The van der Waals surface area contributed by atoms with Crippen molar-refractivity contribution in [2.75, 3.05) is 38.2 Å². The van der Waals surface area contributed by atoms with Crippen molar-refractivity contribution in [3.63, 3.8) is 0 Å². The molecule has 4 rings (SSSR count). The minimum atomic E-state index is 0.223. The molecule has 0 unspecified atom stereocenters. The highest BCUT2D eigenvalue weighted by Gasteiger charge is 2.22. The molecule has 0 atom stereocenters. The van der Waals surface area contributed by atoms with Gasteiger partial charge in [-0.2, -0.15) is 5.10 Å². The molecule has 1 aliphatic rings. The first kappa shape index (κ1) is 21.0. The molecule has 0 radical (unpaired) electrons. The van der Waals surface area contributed by atoms with Crippen LogP contribution in [0.4, 0.5) is 5.69 Å². The molecule has 1 amide bonds. The lowest BCUT2D eigenvalue weighted by molar-refractivity contribution is -0.131. The van der Waals surface area contributed by atoms with E-state index in [0.717, 1.165) is 55.4 Å². The first-order chi connectivity index (χ1) is 15.1. The van der Waals surface area contributed by atoms with Gasteiger partial charge in [0.25, 0.3) is 0 Å². The number of benzene rings is 2. The van der Waals surface area contributed by atoms with Crippen LogP contribution in [0.3, 0.4) is 0 Å². The number of ether oxygens (including phenoxy) is 1. The molecule has 0 saturated carbocycles. The van der Waals surface area contributed by atoms with E-state index >= 15 is 0 Å². The van der Waals surface area contributed by atoms with Crippen LogP contribution in [-0.2, 0) is 11.2 Å². The SMILES string of the molecule is COc1ccc(N2CCN(C(=O)CCc3c(C)nn(-c4ccccc4)c3C)CC2)cc1. The largest absolute Gasteiger partial charge is 0.497 e. The normalized spacial score (nSPS) is 14.0. The number of hydrogen-bond donors (Lipinski definition) is 0. The average Bonchev–Trinajstić information content (AvgIpc) is 3.11. The lowest BCUT2D eigenvalue weighted by Crippen LogP contribution is -2.48. The number of carbonyl (C=O) groups excluding carboxylic acids is 1. The molecule has 1 saturated heterocycles. The second kappa shape index (κ2) is 9.25. The first-order valence-electron chi connectivity index (χ1n) is 10.8. The Morgan fingerprint density at radius 3 is 2.26 bits per heavy atom. The monoisotopic (exact) mass is 418 g/mol. The fourth-order valence-electron chi connectivity index (χ4n) is 4.25. The number of carbonyl (C=O) groups is 1. The Bertz CT molecular complexity index is 1020. The number of amides is 1. The zero-order valence-corrected chi connectivity index (χ0v) is 18.5. The molecule has 0 spiro atoms. The summed E-state index contributed by atoms with van der Waals surface area (Å²) in [6.07, 6.45) is 1.24. The number of methoxy groups -OCH3 is 1. The summed E-state index contributed by atoms with van der Waals surface area (Å²) >= 11 is 0. The van der Waals surface area contributed by atoms with E-state index in [2.05, 4.69) is 36.1 Å². The number of aromatic nitrogens is 2. The zero-order valence-electron chi connectivity index (χ0n) is 18.5. The predicted octanol–water partition coefficient (Wildman–Crippen LogP) is 3.78. The fourth-order valence-corrected chi connectivity index (χ4v) is 4.25. The van der Waals surface area contributed by atoms with Crippen LogP contribution >= 0.6 is 0 Å². The fraction of sp³-hybridized carbons (Fsp3) is 0.360. The van der Waals surface area contributed by atoms with Gasteiger partial charge >= 0.3 is 0 Å². The standard InChI is InChI=1S/C25H30N4O2/c1-19-24(20(2)29(26-19)22-7-5-4-6-8-22)13-14-25(30)28-17-15-27(16-18-28)21-9-11-23(31-3)12-10-21/h4-12H,13-18H2,1-3H3. The molecule has 6 nitrogen and oxygen atoms in total. The van der Waals surface area contributed by atoms with Crippen molar-refractivity contribution < 1.29 is 9.53 Å². The number of hydrogen-bond acceptors (Lipinski definition) is 4. The van der Waals surface area contributed by atoms with Gasteiger partial charge in [0.1, 0.15) is 5.75 Å². The Balaban J connectivity index is 1.33. The van der Waals surface area contributed by atoms with Gasteiger partial charge in [0, 0.05) is 44.0 Å². The third-order valence-corrected chi connectivity index (χ3v) is 6.10. The van der Waals surface area contributed by atoms with Gasteiger partial charge in [-0.1, -0.05) is 18.2 Å². The van der Waals surface area contributed by atoms with E-state index in [1.807, 2.05) is 46.8 Å². The maximum atomic E-state index is 12.9. The zero-order chi connectivity index (χ0) is 21.8. The molecular formula is C25H30N4O2. The minimum Gasteiger partial charge on any atom is -0.497 e. The van der Waals surface area contributed by atoms with Crippen LogP contribution in [0.2, 0.25) is 0 Å². The Labute approximate surface area is 184 Å². The van der Waals surface area contributed by atoms with Crippen molar-refractivity contribution in [2.24, 2.45) is 0 Å². The lowest BCUT2D eigenvalue weighted by atomic mass is 10.1. The van der Waals surface area contributed by atoms with E-state index in [1.54, 1.807) is 7.11 Å². The molecular weight excluding hydrogens is 388 g/mol. The van der Waals surface area contributed by atoms with E-state index in [0.29, 0.717) is 6.42 Å². The van der Waals surface area contributed by atoms with E-state index < -0.39 is 0 Å². The van der Waals surface area contributed by atoms with Crippen LogP contribution in [0, 0.1) is 13.8 Å². The van der Waals surface area contributed by atoms with Crippen molar-refractivity contribution in [3.8, 4) is 11.4 Å².